The number of aromatic nitrogens is 3. The first-order chi connectivity index (χ1) is 8.41. The Morgan fingerprint density at radius 1 is 1.33 bits per heavy atom. The molecule has 1 rings (SSSR count). The van der Waals surface area contributed by atoms with Gasteiger partial charge in [0.05, 0.1) is 5.75 Å². The minimum Gasteiger partial charge on any atom is -0.481 e. The summed E-state index contributed by atoms with van der Waals surface area (Å²) in [5.74, 6) is 0.704. The third-order valence-corrected chi connectivity index (χ3v) is 3.69. The second-order valence-electron chi connectivity index (χ2n) is 4.90. The molecule has 1 aromatic heterocycles. The molecule has 102 valence electrons. The SMILES string of the molecule is Cc1nnc(SCC(=O)O)n1C(C)CCC(C)C. The van der Waals surface area contributed by atoms with Crippen LogP contribution in [0.5, 0.6) is 0 Å². The number of carbonyl (C=O) groups is 1. The lowest BCUT2D eigenvalue weighted by Gasteiger charge is -2.17. The van der Waals surface area contributed by atoms with Crippen molar-refractivity contribution in [1.29, 1.82) is 0 Å². The molecule has 0 saturated carbocycles. The topological polar surface area (TPSA) is 68.0 Å². The molecular weight excluding hydrogens is 250 g/mol. The molecule has 1 heterocycles. The zero-order valence-electron chi connectivity index (χ0n) is 11.4. The van der Waals surface area contributed by atoms with Crippen LogP contribution in [0, 0.1) is 12.8 Å². The van der Waals surface area contributed by atoms with Crippen molar-refractivity contribution in [3.63, 3.8) is 0 Å². The third kappa shape index (κ3) is 4.33. The Morgan fingerprint density at radius 3 is 2.56 bits per heavy atom. The minimum absolute atomic E-state index is 0.0229. The molecular formula is C12H21N3O2S. The number of aryl methyl sites for hydroxylation is 1. The molecule has 6 heteroatoms. The van der Waals surface area contributed by atoms with Crippen molar-refractivity contribution in [2.45, 2.75) is 51.7 Å². The second kappa shape index (κ2) is 6.78. The van der Waals surface area contributed by atoms with Gasteiger partial charge in [-0.25, -0.2) is 0 Å². The molecule has 1 N–H and O–H groups in total. The Bertz CT molecular complexity index is 404. The monoisotopic (exact) mass is 271 g/mol. The Labute approximate surface area is 112 Å². The Balaban J connectivity index is 2.73. The zero-order valence-corrected chi connectivity index (χ0v) is 12.2. The van der Waals surface area contributed by atoms with E-state index in [-0.39, 0.29) is 5.75 Å². The number of hydrogen-bond donors (Lipinski definition) is 1. The lowest BCUT2D eigenvalue weighted by atomic mass is 10.0. The molecule has 0 radical (unpaired) electrons. The third-order valence-electron chi connectivity index (χ3n) is 2.76. The van der Waals surface area contributed by atoms with E-state index in [0.717, 1.165) is 18.7 Å². The smallest absolute Gasteiger partial charge is 0.313 e. The molecule has 0 aromatic carbocycles. The molecule has 0 spiro atoms. The first kappa shape index (κ1) is 15.0. The number of thioether (sulfide) groups is 1. The van der Waals surface area contributed by atoms with Crippen LogP contribution in [0.4, 0.5) is 0 Å². The van der Waals surface area contributed by atoms with E-state index in [9.17, 15) is 4.79 Å². The van der Waals surface area contributed by atoms with Gasteiger partial charge in [-0.3, -0.25) is 4.79 Å². The quantitative estimate of drug-likeness (QED) is 0.772. The highest BCUT2D eigenvalue weighted by molar-refractivity contribution is 7.99. The van der Waals surface area contributed by atoms with E-state index in [0.29, 0.717) is 17.1 Å². The Morgan fingerprint density at radius 2 is 2.00 bits per heavy atom. The van der Waals surface area contributed by atoms with E-state index < -0.39 is 5.97 Å². The molecule has 5 nitrogen and oxygen atoms in total. The predicted octanol–water partition coefficient (Wildman–Crippen LogP) is 2.76. The van der Waals surface area contributed by atoms with Crippen molar-refractivity contribution in [3.8, 4) is 0 Å². The first-order valence-electron chi connectivity index (χ1n) is 6.18. The molecule has 1 unspecified atom stereocenters. The summed E-state index contributed by atoms with van der Waals surface area (Å²) in [5.41, 5.74) is 0. The highest BCUT2D eigenvalue weighted by Gasteiger charge is 2.16. The largest absolute Gasteiger partial charge is 0.481 e. The average Bonchev–Trinajstić information content (AvgIpc) is 2.64. The van der Waals surface area contributed by atoms with Crippen LogP contribution in [0.3, 0.4) is 0 Å². The molecule has 1 atom stereocenters. The van der Waals surface area contributed by atoms with Gasteiger partial charge in [0.2, 0.25) is 0 Å². The van der Waals surface area contributed by atoms with Crippen LogP contribution in [0.25, 0.3) is 0 Å². The summed E-state index contributed by atoms with van der Waals surface area (Å²) in [7, 11) is 0. The lowest BCUT2D eigenvalue weighted by Crippen LogP contribution is -2.10. The van der Waals surface area contributed by atoms with Crippen LogP contribution in [0.15, 0.2) is 5.16 Å². The predicted molar refractivity (Wildman–Crippen MR) is 71.9 cm³/mol. The highest BCUT2D eigenvalue weighted by Crippen LogP contribution is 2.25. The molecule has 1 aromatic rings. The van der Waals surface area contributed by atoms with E-state index in [2.05, 4.69) is 31.0 Å². The van der Waals surface area contributed by atoms with Crippen molar-refractivity contribution in [3.05, 3.63) is 5.82 Å². The summed E-state index contributed by atoms with van der Waals surface area (Å²) in [6, 6.07) is 0.304. The van der Waals surface area contributed by atoms with E-state index in [1.54, 1.807) is 0 Å². The molecule has 0 amide bonds. The van der Waals surface area contributed by atoms with Gasteiger partial charge in [0.25, 0.3) is 0 Å². The van der Waals surface area contributed by atoms with Crippen molar-refractivity contribution in [1.82, 2.24) is 14.8 Å². The minimum atomic E-state index is -0.831. The Hall–Kier alpha value is -1.04. The van der Waals surface area contributed by atoms with Crippen LogP contribution in [-0.2, 0) is 4.79 Å². The summed E-state index contributed by atoms with van der Waals surface area (Å²) in [4.78, 5) is 10.6. The maximum atomic E-state index is 10.6. The summed E-state index contributed by atoms with van der Waals surface area (Å²) < 4.78 is 2.04. The van der Waals surface area contributed by atoms with E-state index in [1.807, 2.05) is 11.5 Å². The second-order valence-corrected chi connectivity index (χ2v) is 5.84. The van der Waals surface area contributed by atoms with Crippen LogP contribution >= 0.6 is 11.8 Å². The average molecular weight is 271 g/mol. The van der Waals surface area contributed by atoms with Crippen molar-refractivity contribution < 1.29 is 9.90 Å². The molecule has 0 fully saturated rings. The summed E-state index contributed by atoms with van der Waals surface area (Å²) in [6.07, 6.45) is 2.19. The van der Waals surface area contributed by atoms with Gasteiger partial charge in [-0.15, -0.1) is 10.2 Å². The van der Waals surface area contributed by atoms with Crippen LogP contribution in [0.2, 0.25) is 0 Å². The van der Waals surface area contributed by atoms with Crippen LogP contribution < -0.4 is 0 Å². The van der Waals surface area contributed by atoms with Gasteiger partial charge in [0.1, 0.15) is 5.82 Å². The van der Waals surface area contributed by atoms with Gasteiger partial charge in [-0.05, 0) is 32.6 Å². The number of aliphatic carboxylic acids is 1. The molecule has 0 aliphatic carbocycles. The number of carboxylic acids is 1. The van der Waals surface area contributed by atoms with Gasteiger partial charge in [-0.1, -0.05) is 25.6 Å². The van der Waals surface area contributed by atoms with Gasteiger partial charge < -0.3 is 9.67 Å². The maximum Gasteiger partial charge on any atom is 0.313 e. The number of nitrogens with zero attached hydrogens (tertiary/aromatic N) is 3. The van der Waals surface area contributed by atoms with E-state index >= 15 is 0 Å². The standard InChI is InChI=1S/C12H21N3O2S/c1-8(2)5-6-9(3)15-10(4)13-14-12(15)18-7-11(16)17/h8-9H,5-7H2,1-4H3,(H,16,17). The molecule has 18 heavy (non-hydrogen) atoms. The molecule has 0 bridgehead atoms. The Kier molecular flexibility index (Phi) is 5.65. The number of hydrogen-bond acceptors (Lipinski definition) is 4. The van der Waals surface area contributed by atoms with Crippen molar-refractivity contribution in [2.24, 2.45) is 5.92 Å². The van der Waals surface area contributed by atoms with Gasteiger partial charge in [0.15, 0.2) is 5.16 Å². The van der Waals surface area contributed by atoms with Crippen LogP contribution in [0.1, 0.15) is 45.5 Å². The van der Waals surface area contributed by atoms with Crippen LogP contribution in [-0.4, -0.2) is 31.6 Å². The molecule has 0 aliphatic rings. The zero-order chi connectivity index (χ0) is 13.7. The normalized spacial score (nSPS) is 12.9. The molecule has 0 aliphatic heterocycles. The summed E-state index contributed by atoms with van der Waals surface area (Å²) in [6.45, 7) is 8.44. The number of carboxylic acid groups (broad SMARTS) is 1. The highest BCUT2D eigenvalue weighted by atomic mass is 32.2. The maximum absolute atomic E-state index is 10.6. The number of rotatable bonds is 7. The van der Waals surface area contributed by atoms with Crippen molar-refractivity contribution in [2.75, 3.05) is 5.75 Å². The van der Waals surface area contributed by atoms with Gasteiger partial charge >= 0.3 is 5.97 Å². The van der Waals surface area contributed by atoms with E-state index in [1.165, 1.54) is 11.8 Å². The molecule has 0 saturated heterocycles. The lowest BCUT2D eigenvalue weighted by molar-refractivity contribution is -0.133. The van der Waals surface area contributed by atoms with Gasteiger partial charge in [-0.2, -0.15) is 0 Å². The van der Waals surface area contributed by atoms with E-state index in [4.69, 9.17) is 5.11 Å². The van der Waals surface area contributed by atoms with Crippen molar-refractivity contribution >= 4 is 17.7 Å². The summed E-state index contributed by atoms with van der Waals surface area (Å²) >= 11 is 1.23. The fourth-order valence-corrected chi connectivity index (χ4v) is 2.59. The fourth-order valence-electron chi connectivity index (χ4n) is 1.79. The fraction of sp³-hybridized carbons (Fsp3) is 0.750. The summed E-state index contributed by atoms with van der Waals surface area (Å²) in [5, 5.41) is 17.5. The van der Waals surface area contributed by atoms with Gasteiger partial charge in [0, 0.05) is 6.04 Å². The first-order valence-corrected chi connectivity index (χ1v) is 7.16.